The lowest BCUT2D eigenvalue weighted by molar-refractivity contribution is -0.126. The van der Waals surface area contributed by atoms with E-state index in [2.05, 4.69) is 26.1 Å². The molecule has 0 aliphatic carbocycles. The minimum absolute atomic E-state index is 0.0950. The van der Waals surface area contributed by atoms with Crippen molar-refractivity contribution in [2.75, 3.05) is 13.1 Å². The Morgan fingerprint density at radius 1 is 1.71 bits per heavy atom. The number of hydrogen-bond acceptors (Lipinski definition) is 5. The van der Waals surface area contributed by atoms with Gasteiger partial charge in [-0.25, -0.2) is 0 Å². The molecule has 8 heteroatoms. The highest BCUT2D eigenvalue weighted by molar-refractivity contribution is 5.86. The zero-order valence-electron chi connectivity index (χ0n) is 9.43. The number of carbonyl (C=O) groups is 2. The fraction of sp³-hybridized carbons (Fsp3) is 0.556. The summed E-state index contributed by atoms with van der Waals surface area (Å²) >= 11 is 0. The van der Waals surface area contributed by atoms with Crippen LogP contribution in [0.25, 0.3) is 0 Å². The summed E-state index contributed by atoms with van der Waals surface area (Å²) in [5.41, 5.74) is 0. The molecule has 2 heterocycles. The molecule has 2 rings (SSSR count). The zero-order valence-corrected chi connectivity index (χ0v) is 9.43. The zero-order chi connectivity index (χ0) is 12.3. The standard InChI is InChI=1S/C9H14N6O2/c1-15-5-13-14-7(15)3-12-9(17)6-2-11-8(16)4-10-6/h5-6,10H,2-4H2,1H3,(H,11,16)(H,12,17). The number of piperazine rings is 1. The Hall–Kier alpha value is -1.96. The first-order valence-corrected chi connectivity index (χ1v) is 5.27. The Balaban J connectivity index is 1.81. The lowest BCUT2D eigenvalue weighted by Gasteiger charge is -2.22. The third-order valence-electron chi connectivity index (χ3n) is 2.55. The summed E-state index contributed by atoms with van der Waals surface area (Å²) < 4.78 is 1.73. The number of amides is 2. The van der Waals surface area contributed by atoms with Crippen LogP contribution in [0.2, 0.25) is 0 Å². The molecule has 1 aromatic heterocycles. The van der Waals surface area contributed by atoms with Gasteiger partial charge >= 0.3 is 0 Å². The van der Waals surface area contributed by atoms with E-state index in [1.54, 1.807) is 17.9 Å². The molecular weight excluding hydrogens is 224 g/mol. The second kappa shape index (κ2) is 4.91. The maximum absolute atomic E-state index is 11.7. The van der Waals surface area contributed by atoms with Crippen LogP contribution < -0.4 is 16.0 Å². The number of nitrogens with zero attached hydrogens (tertiary/aromatic N) is 3. The Kier molecular flexibility index (Phi) is 3.33. The van der Waals surface area contributed by atoms with Gasteiger partial charge in [-0.05, 0) is 0 Å². The quantitative estimate of drug-likeness (QED) is 0.541. The van der Waals surface area contributed by atoms with Crippen molar-refractivity contribution in [3.63, 3.8) is 0 Å². The minimum atomic E-state index is -0.388. The molecule has 8 nitrogen and oxygen atoms in total. The number of rotatable bonds is 3. The molecule has 2 amide bonds. The molecule has 0 aromatic carbocycles. The van der Waals surface area contributed by atoms with Crippen LogP contribution in [0, 0.1) is 0 Å². The molecule has 92 valence electrons. The molecule has 1 aliphatic rings. The molecule has 0 bridgehead atoms. The van der Waals surface area contributed by atoms with Crippen LogP contribution in [-0.4, -0.2) is 45.7 Å². The van der Waals surface area contributed by atoms with Crippen molar-refractivity contribution >= 4 is 11.8 Å². The summed E-state index contributed by atoms with van der Waals surface area (Å²) in [5, 5.41) is 15.8. The third-order valence-corrected chi connectivity index (χ3v) is 2.55. The van der Waals surface area contributed by atoms with Gasteiger partial charge in [-0.15, -0.1) is 10.2 Å². The first kappa shape index (κ1) is 11.5. The van der Waals surface area contributed by atoms with Crippen LogP contribution in [-0.2, 0) is 23.2 Å². The highest BCUT2D eigenvalue weighted by atomic mass is 16.2. The van der Waals surface area contributed by atoms with Gasteiger partial charge in [-0.3, -0.25) is 14.9 Å². The molecule has 3 N–H and O–H groups in total. The molecule has 0 spiro atoms. The molecule has 17 heavy (non-hydrogen) atoms. The van der Waals surface area contributed by atoms with Gasteiger partial charge in [0.25, 0.3) is 0 Å². The van der Waals surface area contributed by atoms with E-state index in [1.807, 2.05) is 0 Å². The van der Waals surface area contributed by atoms with Crippen molar-refractivity contribution in [1.82, 2.24) is 30.7 Å². The second-order valence-electron chi connectivity index (χ2n) is 3.81. The van der Waals surface area contributed by atoms with Gasteiger partial charge in [0.1, 0.15) is 12.4 Å². The minimum Gasteiger partial charge on any atom is -0.353 e. The fourth-order valence-electron chi connectivity index (χ4n) is 1.51. The molecule has 1 aliphatic heterocycles. The lowest BCUT2D eigenvalue weighted by atomic mass is 10.2. The van der Waals surface area contributed by atoms with Crippen LogP contribution in [0.15, 0.2) is 6.33 Å². The van der Waals surface area contributed by atoms with Gasteiger partial charge < -0.3 is 15.2 Å². The summed E-state index contributed by atoms with van der Waals surface area (Å²) in [5.74, 6) is 0.425. The number of aromatic nitrogens is 3. The van der Waals surface area contributed by atoms with Crippen molar-refractivity contribution < 1.29 is 9.59 Å². The van der Waals surface area contributed by atoms with Crippen LogP contribution in [0.4, 0.5) is 0 Å². The van der Waals surface area contributed by atoms with Crippen molar-refractivity contribution in [2.24, 2.45) is 7.05 Å². The summed E-state index contributed by atoms with van der Waals surface area (Å²) in [6.07, 6.45) is 1.57. The first-order valence-electron chi connectivity index (χ1n) is 5.27. The molecule has 1 aromatic rings. The average molecular weight is 238 g/mol. The van der Waals surface area contributed by atoms with Crippen LogP contribution in [0.1, 0.15) is 5.82 Å². The topological polar surface area (TPSA) is 101 Å². The Bertz CT molecular complexity index is 419. The lowest BCUT2D eigenvalue weighted by Crippen LogP contribution is -2.57. The molecule has 0 radical (unpaired) electrons. The molecule has 1 saturated heterocycles. The molecule has 1 atom stereocenters. The van der Waals surface area contributed by atoms with Crippen molar-refractivity contribution in [2.45, 2.75) is 12.6 Å². The van der Waals surface area contributed by atoms with E-state index in [4.69, 9.17) is 0 Å². The molecule has 0 saturated carbocycles. The van der Waals surface area contributed by atoms with Crippen LogP contribution in [0.3, 0.4) is 0 Å². The number of hydrogen-bond donors (Lipinski definition) is 3. The largest absolute Gasteiger partial charge is 0.353 e. The monoisotopic (exact) mass is 238 g/mol. The van der Waals surface area contributed by atoms with Gasteiger partial charge in [0, 0.05) is 13.6 Å². The predicted octanol–water partition coefficient (Wildman–Crippen LogP) is -2.48. The van der Waals surface area contributed by atoms with E-state index in [9.17, 15) is 9.59 Å². The summed E-state index contributed by atoms with van der Waals surface area (Å²) in [4.78, 5) is 22.6. The van der Waals surface area contributed by atoms with Crippen molar-refractivity contribution in [3.8, 4) is 0 Å². The maximum Gasteiger partial charge on any atom is 0.239 e. The van der Waals surface area contributed by atoms with E-state index in [0.717, 1.165) is 0 Å². The highest BCUT2D eigenvalue weighted by Gasteiger charge is 2.23. The summed E-state index contributed by atoms with van der Waals surface area (Å²) in [6, 6.07) is -0.388. The maximum atomic E-state index is 11.7. The number of nitrogens with one attached hydrogen (secondary N) is 3. The van der Waals surface area contributed by atoms with Gasteiger partial charge in [0.15, 0.2) is 5.82 Å². The Morgan fingerprint density at radius 2 is 2.53 bits per heavy atom. The average Bonchev–Trinajstić information content (AvgIpc) is 2.73. The predicted molar refractivity (Wildman–Crippen MR) is 57.7 cm³/mol. The third kappa shape index (κ3) is 2.78. The van der Waals surface area contributed by atoms with Gasteiger partial charge in [-0.2, -0.15) is 0 Å². The van der Waals surface area contributed by atoms with Gasteiger partial charge in [0.2, 0.25) is 11.8 Å². The summed E-state index contributed by atoms with van der Waals surface area (Å²) in [7, 11) is 1.81. The molecule has 1 fully saturated rings. The highest BCUT2D eigenvalue weighted by Crippen LogP contribution is 1.93. The van der Waals surface area contributed by atoms with E-state index < -0.39 is 0 Å². The SMILES string of the molecule is Cn1cnnc1CNC(=O)C1CNC(=O)CN1. The van der Waals surface area contributed by atoms with E-state index in [0.29, 0.717) is 18.9 Å². The van der Waals surface area contributed by atoms with Crippen molar-refractivity contribution in [3.05, 3.63) is 12.2 Å². The van der Waals surface area contributed by atoms with Gasteiger partial charge in [-0.1, -0.05) is 0 Å². The first-order chi connectivity index (χ1) is 8.16. The number of carbonyl (C=O) groups excluding carboxylic acids is 2. The van der Waals surface area contributed by atoms with E-state index in [-0.39, 0.29) is 24.4 Å². The van der Waals surface area contributed by atoms with E-state index in [1.165, 1.54) is 0 Å². The Morgan fingerprint density at radius 3 is 3.12 bits per heavy atom. The van der Waals surface area contributed by atoms with Gasteiger partial charge in [0.05, 0.1) is 13.1 Å². The smallest absolute Gasteiger partial charge is 0.239 e. The van der Waals surface area contributed by atoms with Crippen LogP contribution in [0.5, 0.6) is 0 Å². The normalized spacial score (nSPS) is 19.8. The second-order valence-corrected chi connectivity index (χ2v) is 3.81. The van der Waals surface area contributed by atoms with Crippen molar-refractivity contribution in [1.29, 1.82) is 0 Å². The molecular formula is C9H14N6O2. The Labute approximate surface area is 97.8 Å². The summed E-state index contributed by atoms with van der Waals surface area (Å²) in [6.45, 7) is 0.799. The fourth-order valence-corrected chi connectivity index (χ4v) is 1.51. The van der Waals surface area contributed by atoms with E-state index >= 15 is 0 Å². The van der Waals surface area contributed by atoms with Crippen LogP contribution >= 0.6 is 0 Å². The number of aryl methyl sites for hydroxylation is 1. The molecule has 1 unspecified atom stereocenters.